The molecule has 118 valence electrons. The minimum absolute atomic E-state index is 0.0633. The molecule has 22 heavy (non-hydrogen) atoms. The molecule has 1 aliphatic rings. The molecule has 1 N–H and O–H groups in total. The Morgan fingerprint density at radius 3 is 2.77 bits per heavy atom. The van der Waals surface area contributed by atoms with Gasteiger partial charge in [0.1, 0.15) is 10.8 Å². The SMILES string of the molecule is CCS(=O)(=O)NC1CCCc2sc(-c3ccc(F)cc3)nc21. The monoisotopic (exact) mass is 340 g/mol. The molecule has 1 unspecified atom stereocenters. The number of nitrogens with zero attached hydrogens (tertiary/aromatic N) is 1. The molecule has 0 saturated heterocycles. The molecule has 1 aromatic carbocycles. The van der Waals surface area contributed by atoms with E-state index in [0.29, 0.717) is 0 Å². The molecule has 0 bridgehead atoms. The first kappa shape index (κ1) is 15.6. The van der Waals surface area contributed by atoms with Crippen molar-refractivity contribution in [3.63, 3.8) is 0 Å². The van der Waals surface area contributed by atoms with Crippen molar-refractivity contribution in [2.24, 2.45) is 0 Å². The van der Waals surface area contributed by atoms with E-state index in [-0.39, 0.29) is 17.6 Å². The van der Waals surface area contributed by atoms with Gasteiger partial charge in [-0.2, -0.15) is 0 Å². The Bertz CT molecular complexity index is 769. The number of hydrogen-bond acceptors (Lipinski definition) is 4. The van der Waals surface area contributed by atoms with Crippen molar-refractivity contribution in [1.82, 2.24) is 9.71 Å². The van der Waals surface area contributed by atoms with Crippen molar-refractivity contribution >= 4 is 21.4 Å². The van der Waals surface area contributed by atoms with Crippen molar-refractivity contribution in [2.75, 3.05) is 5.75 Å². The van der Waals surface area contributed by atoms with Crippen LogP contribution in [0.15, 0.2) is 24.3 Å². The van der Waals surface area contributed by atoms with Gasteiger partial charge in [0.25, 0.3) is 0 Å². The fourth-order valence-electron chi connectivity index (χ4n) is 2.55. The van der Waals surface area contributed by atoms with Crippen LogP contribution in [-0.2, 0) is 16.4 Å². The van der Waals surface area contributed by atoms with Gasteiger partial charge in [0, 0.05) is 10.4 Å². The lowest BCUT2D eigenvalue weighted by molar-refractivity contribution is 0.503. The maximum Gasteiger partial charge on any atom is 0.211 e. The van der Waals surface area contributed by atoms with Crippen LogP contribution in [0.25, 0.3) is 10.6 Å². The Morgan fingerprint density at radius 1 is 1.36 bits per heavy atom. The Kier molecular flexibility index (Phi) is 4.29. The van der Waals surface area contributed by atoms with E-state index in [9.17, 15) is 12.8 Å². The molecule has 1 atom stereocenters. The second-order valence-electron chi connectivity index (χ2n) is 5.30. The van der Waals surface area contributed by atoms with Gasteiger partial charge in [-0.15, -0.1) is 11.3 Å². The summed E-state index contributed by atoms with van der Waals surface area (Å²) in [6, 6.07) is 5.97. The summed E-state index contributed by atoms with van der Waals surface area (Å²) >= 11 is 1.56. The number of hydrogen-bond donors (Lipinski definition) is 1. The fraction of sp³-hybridized carbons (Fsp3) is 0.400. The third kappa shape index (κ3) is 3.21. The van der Waals surface area contributed by atoms with Crippen LogP contribution in [0.5, 0.6) is 0 Å². The Morgan fingerprint density at radius 2 is 2.09 bits per heavy atom. The standard InChI is InChI=1S/C15H17FN2O2S2/c1-2-22(19,20)18-12-4-3-5-13-14(12)17-15(21-13)10-6-8-11(16)9-7-10/h6-9,12,18H,2-5H2,1H3. The van der Waals surface area contributed by atoms with Crippen LogP contribution in [0.1, 0.15) is 36.4 Å². The maximum atomic E-state index is 13.0. The van der Waals surface area contributed by atoms with E-state index in [2.05, 4.69) is 9.71 Å². The van der Waals surface area contributed by atoms with Crippen LogP contribution in [0.4, 0.5) is 4.39 Å². The number of aromatic nitrogens is 1. The van der Waals surface area contributed by atoms with Crippen molar-refractivity contribution in [3.8, 4) is 10.6 Å². The summed E-state index contributed by atoms with van der Waals surface area (Å²) in [4.78, 5) is 5.74. The molecular formula is C15H17FN2O2S2. The van der Waals surface area contributed by atoms with Crippen molar-refractivity contribution < 1.29 is 12.8 Å². The second-order valence-corrected chi connectivity index (χ2v) is 8.43. The zero-order valence-electron chi connectivity index (χ0n) is 12.2. The smallest absolute Gasteiger partial charge is 0.211 e. The first-order valence-corrected chi connectivity index (χ1v) is 9.71. The Hall–Kier alpha value is -1.31. The number of fused-ring (bicyclic) bond motifs is 1. The number of sulfonamides is 1. The van der Waals surface area contributed by atoms with Gasteiger partial charge in [0.2, 0.25) is 10.0 Å². The number of rotatable bonds is 4. The van der Waals surface area contributed by atoms with Gasteiger partial charge >= 0.3 is 0 Å². The Balaban J connectivity index is 1.93. The topological polar surface area (TPSA) is 59.1 Å². The summed E-state index contributed by atoms with van der Waals surface area (Å²) in [5.41, 5.74) is 1.69. The van der Waals surface area contributed by atoms with Crippen LogP contribution in [-0.4, -0.2) is 19.2 Å². The molecule has 0 spiro atoms. The molecule has 0 aliphatic heterocycles. The van der Waals surface area contributed by atoms with E-state index >= 15 is 0 Å². The van der Waals surface area contributed by atoms with Gasteiger partial charge < -0.3 is 0 Å². The molecule has 0 radical (unpaired) electrons. The minimum atomic E-state index is -3.26. The van der Waals surface area contributed by atoms with Gasteiger partial charge in [0.05, 0.1) is 17.5 Å². The molecule has 7 heteroatoms. The number of aryl methyl sites for hydroxylation is 1. The van der Waals surface area contributed by atoms with Crippen LogP contribution in [0.2, 0.25) is 0 Å². The molecule has 1 aromatic heterocycles. The van der Waals surface area contributed by atoms with Crippen LogP contribution >= 0.6 is 11.3 Å². The van der Waals surface area contributed by atoms with Gasteiger partial charge in [0.15, 0.2) is 0 Å². The van der Waals surface area contributed by atoms with E-state index in [1.165, 1.54) is 12.1 Å². The summed E-state index contributed by atoms with van der Waals surface area (Å²) in [7, 11) is -3.26. The lowest BCUT2D eigenvalue weighted by atomic mass is 9.98. The van der Waals surface area contributed by atoms with Gasteiger partial charge in [-0.25, -0.2) is 22.5 Å². The van der Waals surface area contributed by atoms with E-state index in [4.69, 9.17) is 0 Å². The molecule has 0 saturated carbocycles. The predicted molar refractivity (Wildman–Crippen MR) is 85.8 cm³/mol. The summed E-state index contributed by atoms with van der Waals surface area (Å²) < 4.78 is 39.4. The van der Waals surface area contributed by atoms with Gasteiger partial charge in [-0.05, 0) is 50.5 Å². The highest BCUT2D eigenvalue weighted by molar-refractivity contribution is 7.89. The average Bonchev–Trinajstić information content (AvgIpc) is 2.93. The zero-order valence-corrected chi connectivity index (χ0v) is 13.8. The maximum absolute atomic E-state index is 13.0. The molecule has 2 aromatic rings. The fourth-order valence-corrected chi connectivity index (χ4v) is 4.55. The first-order chi connectivity index (χ1) is 10.5. The average molecular weight is 340 g/mol. The normalized spacial score (nSPS) is 18.2. The molecular weight excluding hydrogens is 323 g/mol. The van der Waals surface area contributed by atoms with Gasteiger partial charge in [-0.3, -0.25) is 0 Å². The third-order valence-corrected chi connectivity index (χ3v) is 6.33. The summed E-state index contributed by atoms with van der Waals surface area (Å²) in [5, 5.41) is 0.813. The van der Waals surface area contributed by atoms with Crippen LogP contribution in [0.3, 0.4) is 0 Å². The highest BCUT2D eigenvalue weighted by Gasteiger charge is 2.27. The molecule has 0 amide bonds. The molecule has 1 aliphatic carbocycles. The number of nitrogens with one attached hydrogen (secondary N) is 1. The van der Waals surface area contributed by atoms with Crippen molar-refractivity contribution in [1.29, 1.82) is 0 Å². The molecule has 4 nitrogen and oxygen atoms in total. The van der Waals surface area contributed by atoms with Crippen LogP contribution in [0, 0.1) is 5.82 Å². The highest BCUT2D eigenvalue weighted by Crippen LogP contribution is 2.37. The second kappa shape index (κ2) is 6.06. The third-order valence-electron chi connectivity index (χ3n) is 3.75. The first-order valence-electron chi connectivity index (χ1n) is 7.24. The van der Waals surface area contributed by atoms with Crippen LogP contribution < -0.4 is 4.72 Å². The van der Waals surface area contributed by atoms with E-state index < -0.39 is 10.0 Å². The molecule has 1 heterocycles. The summed E-state index contributed by atoms with van der Waals surface area (Å²) in [5.74, 6) is -0.216. The predicted octanol–water partition coefficient (Wildman–Crippen LogP) is 3.27. The zero-order chi connectivity index (χ0) is 15.7. The molecule has 3 rings (SSSR count). The molecule has 0 fully saturated rings. The number of benzene rings is 1. The number of thiazole rings is 1. The summed E-state index contributed by atoms with van der Waals surface area (Å²) in [6.07, 6.45) is 2.62. The lowest BCUT2D eigenvalue weighted by Gasteiger charge is -2.21. The highest BCUT2D eigenvalue weighted by atomic mass is 32.2. The van der Waals surface area contributed by atoms with Crippen molar-refractivity contribution in [3.05, 3.63) is 40.7 Å². The minimum Gasteiger partial charge on any atom is -0.239 e. The van der Waals surface area contributed by atoms with E-state index in [1.54, 1.807) is 30.4 Å². The number of halogens is 1. The Labute approximate surface area is 133 Å². The largest absolute Gasteiger partial charge is 0.239 e. The quantitative estimate of drug-likeness (QED) is 0.929. The summed E-state index contributed by atoms with van der Waals surface area (Å²) in [6.45, 7) is 1.62. The van der Waals surface area contributed by atoms with E-state index in [0.717, 1.165) is 40.4 Å². The van der Waals surface area contributed by atoms with Crippen molar-refractivity contribution in [2.45, 2.75) is 32.2 Å². The van der Waals surface area contributed by atoms with Gasteiger partial charge in [-0.1, -0.05) is 0 Å². The van der Waals surface area contributed by atoms with E-state index in [1.807, 2.05) is 0 Å². The lowest BCUT2D eigenvalue weighted by Crippen LogP contribution is -2.32.